The highest BCUT2D eigenvalue weighted by atomic mass is 79.9. The fraction of sp³-hybridized carbons (Fsp3) is 0.0435. The third-order valence-electron chi connectivity index (χ3n) is 4.67. The molecule has 3 aromatic rings. The van der Waals surface area contributed by atoms with Gasteiger partial charge in [-0.2, -0.15) is 0 Å². The normalized spacial score (nSPS) is 13.9. The highest BCUT2D eigenvalue weighted by molar-refractivity contribution is 9.10. The summed E-state index contributed by atoms with van der Waals surface area (Å²) in [5, 5.41) is 2.98. The molecular weight excluding hydrogens is 454 g/mol. The fourth-order valence-corrected chi connectivity index (χ4v) is 3.62. The number of aryl methyl sites for hydroxylation is 1. The first-order chi connectivity index (χ1) is 14.3. The molecule has 1 aliphatic heterocycles. The van der Waals surface area contributed by atoms with Crippen LogP contribution in [0.4, 0.5) is 20.2 Å². The summed E-state index contributed by atoms with van der Waals surface area (Å²) in [6.07, 6.45) is 0. The number of carbonyl (C=O) groups is 2. The molecule has 3 aromatic carbocycles. The first-order valence-corrected chi connectivity index (χ1v) is 9.82. The summed E-state index contributed by atoms with van der Waals surface area (Å²) >= 11 is 3.36. The molecule has 0 saturated heterocycles. The van der Waals surface area contributed by atoms with Crippen molar-refractivity contribution in [2.24, 2.45) is 0 Å². The summed E-state index contributed by atoms with van der Waals surface area (Å²) in [4.78, 5) is 27.1. The standard InChI is InChI=1S/C23H15BrF2N2O2/c1-13-5-7-14(8-6-13)20-21(27-17-4-2-3-15(24)11-17)23(30)28(22(20)29)19-12-16(25)9-10-18(19)26/h2-12,27H,1H3. The van der Waals surface area contributed by atoms with Crippen molar-refractivity contribution in [3.8, 4) is 0 Å². The van der Waals surface area contributed by atoms with E-state index in [1.165, 1.54) is 0 Å². The van der Waals surface area contributed by atoms with E-state index < -0.39 is 29.1 Å². The molecule has 0 saturated carbocycles. The van der Waals surface area contributed by atoms with E-state index >= 15 is 0 Å². The smallest absolute Gasteiger partial charge is 0.282 e. The molecule has 30 heavy (non-hydrogen) atoms. The van der Waals surface area contributed by atoms with Crippen molar-refractivity contribution in [2.75, 3.05) is 10.2 Å². The number of nitrogens with one attached hydrogen (secondary N) is 1. The van der Waals surface area contributed by atoms with Gasteiger partial charge in [0.15, 0.2) is 0 Å². The number of amides is 2. The minimum atomic E-state index is -0.870. The minimum Gasteiger partial charge on any atom is -0.350 e. The molecular formula is C23H15BrF2N2O2. The number of hydrogen-bond donors (Lipinski definition) is 1. The highest BCUT2D eigenvalue weighted by Gasteiger charge is 2.41. The molecule has 1 aliphatic rings. The Morgan fingerprint density at radius 3 is 2.33 bits per heavy atom. The van der Waals surface area contributed by atoms with Crippen molar-refractivity contribution < 1.29 is 18.4 Å². The van der Waals surface area contributed by atoms with Gasteiger partial charge in [-0.3, -0.25) is 9.59 Å². The Labute approximate surface area is 180 Å². The van der Waals surface area contributed by atoms with Gasteiger partial charge in [-0.1, -0.05) is 51.8 Å². The summed E-state index contributed by atoms with van der Waals surface area (Å²) in [6.45, 7) is 1.90. The van der Waals surface area contributed by atoms with E-state index in [0.29, 0.717) is 16.2 Å². The molecule has 4 rings (SSSR count). The first-order valence-electron chi connectivity index (χ1n) is 9.03. The van der Waals surface area contributed by atoms with Gasteiger partial charge < -0.3 is 5.32 Å². The molecule has 0 unspecified atom stereocenters. The molecule has 0 radical (unpaired) electrons. The van der Waals surface area contributed by atoms with Crippen molar-refractivity contribution in [3.05, 3.63) is 99.7 Å². The summed E-state index contributed by atoms with van der Waals surface area (Å²) in [7, 11) is 0. The Morgan fingerprint density at radius 2 is 1.63 bits per heavy atom. The molecule has 0 spiro atoms. The summed E-state index contributed by atoms with van der Waals surface area (Å²) in [5.41, 5.74) is 1.68. The molecule has 0 atom stereocenters. The van der Waals surface area contributed by atoms with Crippen LogP contribution in [-0.2, 0) is 9.59 Å². The highest BCUT2D eigenvalue weighted by Crippen LogP contribution is 2.35. The second-order valence-electron chi connectivity index (χ2n) is 6.79. The lowest BCUT2D eigenvalue weighted by Crippen LogP contribution is -2.33. The van der Waals surface area contributed by atoms with Crippen LogP contribution in [0.5, 0.6) is 0 Å². The van der Waals surface area contributed by atoms with E-state index in [0.717, 1.165) is 28.2 Å². The van der Waals surface area contributed by atoms with Gasteiger partial charge in [0.05, 0.1) is 11.3 Å². The Balaban J connectivity index is 1.86. The molecule has 0 bridgehead atoms. The van der Waals surface area contributed by atoms with Crippen LogP contribution in [-0.4, -0.2) is 11.8 Å². The van der Waals surface area contributed by atoms with Gasteiger partial charge in [0.2, 0.25) is 0 Å². The van der Waals surface area contributed by atoms with Gasteiger partial charge in [-0.15, -0.1) is 0 Å². The second-order valence-corrected chi connectivity index (χ2v) is 7.71. The molecule has 1 N–H and O–H groups in total. The molecule has 0 aliphatic carbocycles. The van der Waals surface area contributed by atoms with Crippen molar-refractivity contribution in [3.63, 3.8) is 0 Å². The van der Waals surface area contributed by atoms with Crippen LogP contribution in [0.2, 0.25) is 0 Å². The minimum absolute atomic E-state index is 0.00869. The van der Waals surface area contributed by atoms with E-state index in [2.05, 4.69) is 21.2 Å². The molecule has 7 heteroatoms. The third-order valence-corrected chi connectivity index (χ3v) is 5.16. The Bertz CT molecular complexity index is 1210. The predicted molar refractivity (Wildman–Crippen MR) is 115 cm³/mol. The van der Waals surface area contributed by atoms with E-state index in [4.69, 9.17) is 0 Å². The lowest BCUT2D eigenvalue weighted by Gasteiger charge is -2.16. The van der Waals surface area contributed by atoms with Crippen molar-refractivity contribution in [1.82, 2.24) is 0 Å². The summed E-state index contributed by atoms with van der Waals surface area (Å²) in [5.74, 6) is -3.12. The van der Waals surface area contributed by atoms with E-state index in [9.17, 15) is 18.4 Å². The average molecular weight is 469 g/mol. The lowest BCUT2D eigenvalue weighted by atomic mass is 10.0. The molecule has 0 fully saturated rings. The van der Waals surface area contributed by atoms with Crippen LogP contribution in [0.3, 0.4) is 0 Å². The maximum atomic E-state index is 14.4. The SMILES string of the molecule is Cc1ccc(C2=C(Nc3cccc(Br)c3)C(=O)N(c3cc(F)ccc3F)C2=O)cc1. The predicted octanol–water partition coefficient (Wildman–Crippen LogP) is 5.43. The summed E-state index contributed by atoms with van der Waals surface area (Å²) < 4.78 is 28.9. The molecule has 1 heterocycles. The van der Waals surface area contributed by atoms with Gasteiger partial charge in [0, 0.05) is 16.2 Å². The summed E-state index contributed by atoms with van der Waals surface area (Å²) in [6, 6.07) is 16.7. The van der Waals surface area contributed by atoms with E-state index in [1.54, 1.807) is 30.3 Å². The van der Waals surface area contributed by atoms with Crippen LogP contribution in [0.15, 0.2) is 76.9 Å². The zero-order chi connectivity index (χ0) is 21.4. The van der Waals surface area contributed by atoms with Gasteiger partial charge in [-0.05, 0) is 42.8 Å². The van der Waals surface area contributed by atoms with Crippen molar-refractivity contribution in [2.45, 2.75) is 6.92 Å². The van der Waals surface area contributed by atoms with Gasteiger partial charge in [0.25, 0.3) is 11.8 Å². The second kappa shape index (κ2) is 7.84. The van der Waals surface area contributed by atoms with Crippen LogP contribution in [0, 0.1) is 18.6 Å². The van der Waals surface area contributed by atoms with Crippen LogP contribution >= 0.6 is 15.9 Å². The Hall–Kier alpha value is -3.32. The number of hydrogen-bond acceptors (Lipinski definition) is 3. The van der Waals surface area contributed by atoms with Gasteiger partial charge in [-0.25, -0.2) is 13.7 Å². The number of anilines is 2. The van der Waals surface area contributed by atoms with Crippen LogP contribution in [0.1, 0.15) is 11.1 Å². The van der Waals surface area contributed by atoms with Crippen molar-refractivity contribution >= 4 is 44.7 Å². The zero-order valence-corrected chi connectivity index (χ0v) is 17.3. The lowest BCUT2D eigenvalue weighted by molar-refractivity contribution is -0.120. The number of imide groups is 1. The van der Waals surface area contributed by atoms with Gasteiger partial charge >= 0.3 is 0 Å². The molecule has 2 amide bonds. The average Bonchev–Trinajstić information content (AvgIpc) is 2.94. The molecule has 0 aromatic heterocycles. The quantitative estimate of drug-likeness (QED) is 0.519. The van der Waals surface area contributed by atoms with Crippen molar-refractivity contribution in [1.29, 1.82) is 0 Å². The Kier molecular flexibility index (Phi) is 5.22. The third kappa shape index (κ3) is 3.64. The first kappa shape index (κ1) is 20.0. The van der Waals surface area contributed by atoms with Gasteiger partial charge in [0.1, 0.15) is 17.3 Å². The fourth-order valence-electron chi connectivity index (χ4n) is 3.22. The maximum absolute atomic E-state index is 14.4. The topological polar surface area (TPSA) is 49.4 Å². The van der Waals surface area contributed by atoms with Crippen LogP contribution < -0.4 is 10.2 Å². The number of nitrogens with zero attached hydrogens (tertiary/aromatic N) is 1. The van der Waals surface area contributed by atoms with E-state index in [1.807, 2.05) is 25.1 Å². The largest absolute Gasteiger partial charge is 0.350 e. The zero-order valence-electron chi connectivity index (χ0n) is 15.7. The van der Waals surface area contributed by atoms with E-state index in [-0.39, 0.29) is 11.3 Å². The number of benzene rings is 3. The number of rotatable bonds is 4. The molecule has 4 nitrogen and oxygen atoms in total. The monoisotopic (exact) mass is 468 g/mol. The molecule has 150 valence electrons. The van der Waals surface area contributed by atoms with Crippen LogP contribution in [0.25, 0.3) is 5.57 Å². The number of carbonyl (C=O) groups excluding carboxylic acids is 2. The number of halogens is 3. The maximum Gasteiger partial charge on any atom is 0.282 e. The Morgan fingerprint density at radius 1 is 0.900 bits per heavy atom.